The van der Waals surface area contributed by atoms with E-state index in [0.717, 1.165) is 0 Å². The van der Waals surface area contributed by atoms with E-state index in [2.05, 4.69) is 19.9 Å². The summed E-state index contributed by atoms with van der Waals surface area (Å²) in [6.07, 6.45) is 0.847. The van der Waals surface area contributed by atoms with Crippen molar-refractivity contribution in [3.8, 4) is 0 Å². The second-order valence-electron chi connectivity index (χ2n) is 4.19. The van der Waals surface area contributed by atoms with E-state index in [1.54, 1.807) is 0 Å². The molecule has 0 spiro atoms. The first-order valence-electron chi connectivity index (χ1n) is 5.32. The molecular formula is C13H18O2. The molecule has 0 aliphatic carbocycles. The summed E-state index contributed by atoms with van der Waals surface area (Å²) in [6.45, 7) is 6.32. The van der Waals surface area contributed by atoms with Gasteiger partial charge in [-0.1, -0.05) is 32.0 Å². The number of hydrogen-bond donors (Lipinski definition) is 1. The maximum Gasteiger partial charge on any atom is 0.303 e. The Kier molecular flexibility index (Phi) is 3.89. The van der Waals surface area contributed by atoms with E-state index in [1.165, 1.54) is 16.7 Å². The van der Waals surface area contributed by atoms with E-state index in [9.17, 15) is 4.79 Å². The van der Waals surface area contributed by atoms with Crippen molar-refractivity contribution in [1.29, 1.82) is 0 Å². The number of carboxylic acid groups (broad SMARTS) is 1. The van der Waals surface area contributed by atoms with Gasteiger partial charge in [-0.3, -0.25) is 4.79 Å². The molecule has 0 saturated carbocycles. The summed E-state index contributed by atoms with van der Waals surface area (Å²) in [6, 6.07) is 6.17. The molecule has 0 radical (unpaired) electrons. The van der Waals surface area contributed by atoms with Gasteiger partial charge in [-0.25, -0.2) is 0 Å². The summed E-state index contributed by atoms with van der Waals surface area (Å²) < 4.78 is 0. The van der Waals surface area contributed by atoms with Gasteiger partial charge < -0.3 is 5.11 Å². The molecule has 2 heteroatoms. The van der Waals surface area contributed by atoms with Crippen molar-refractivity contribution in [1.82, 2.24) is 0 Å². The predicted molar refractivity (Wildman–Crippen MR) is 61.2 cm³/mol. The molecule has 15 heavy (non-hydrogen) atoms. The Morgan fingerprint density at radius 3 is 2.60 bits per heavy atom. The minimum atomic E-state index is -0.729. The van der Waals surface area contributed by atoms with Crippen LogP contribution in [0.2, 0.25) is 0 Å². The zero-order chi connectivity index (χ0) is 11.4. The van der Waals surface area contributed by atoms with Crippen LogP contribution in [0.25, 0.3) is 0 Å². The number of rotatable bonds is 4. The molecule has 1 rings (SSSR count). The van der Waals surface area contributed by atoms with Crippen LogP contribution in [0.5, 0.6) is 0 Å². The zero-order valence-corrected chi connectivity index (χ0v) is 9.58. The lowest BCUT2D eigenvalue weighted by atomic mass is 9.91. The van der Waals surface area contributed by atoms with E-state index >= 15 is 0 Å². The summed E-state index contributed by atoms with van der Waals surface area (Å²) in [5.74, 6) is -0.276. The molecule has 1 aromatic rings. The smallest absolute Gasteiger partial charge is 0.303 e. The Labute approximate surface area is 90.9 Å². The van der Waals surface area contributed by atoms with Gasteiger partial charge in [0.25, 0.3) is 0 Å². The average Bonchev–Trinajstić information content (AvgIpc) is 2.15. The highest BCUT2D eigenvalue weighted by Crippen LogP contribution is 2.23. The van der Waals surface area contributed by atoms with Gasteiger partial charge in [0.15, 0.2) is 0 Å². The SMILES string of the molecule is Cc1cccc(C(C)C)c1CCC(=O)O. The third-order valence-corrected chi connectivity index (χ3v) is 2.66. The first-order valence-corrected chi connectivity index (χ1v) is 5.32. The molecule has 0 bridgehead atoms. The van der Waals surface area contributed by atoms with Crippen LogP contribution in [0.1, 0.15) is 42.9 Å². The summed E-state index contributed by atoms with van der Waals surface area (Å²) in [7, 11) is 0. The number of aryl methyl sites for hydroxylation is 1. The van der Waals surface area contributed by atoms with Crippen molar-refractivity contribution in [2.45, 2.75) is 39.5 Å². The number of aliphatic carboxylic acids is 1. The standard InChI is InChI=1S/C13H18O2/c1-9(2)11-6-4-5-10(3)12(11)7-8-13(14)15/h4-6,9H,7-8H2,1-3H3,(H,14,15). The molecule has 0 aromatic heterocycles. The van der Waals surface area contributed by atoms with E-state index in [4.69, 9.17) is 5.11 Å². The van der Waals surface area contributed by atoms with Crippen LogP contribution in [0, 0.1) is 6.92 Å². The normalized spacial score (nSPS) is 10.7. The van der Waals surface area contributed by atoms with E-state index in [1.807, 2.05) is 19.1 Å². The quantitative estimate of drug-likeness (QED) is 0.821. The number of carboxylic acids is 1. The Bertz CT molecular complexity index is 354. The minimum absolute atomic E-state index is 0.213. The van der Waals surface area contributed by atoms with Crippen LogP contribution in [-0.2, 0) is 11.2 Å². The van der Waals surface area contributed by atoms with Crippen molar-refractivity contribution in [2.75, 3.05) is 0 Å². The summed E-state index contributed by atoms with van der Waals surface area (Å²) >= 11 is 0. The van der Waals surface area contributed by atoms with E-state index in [-0.39, 0.29) is 6.42 Å². The van der Waals surface area contributed by atoms with Gasteiger partial charge in [-0.15, -0.1) is 0 Å². The topological polar surface area (TPSA) is 37.3 Å². The molecule has 0 saturated heterocycles. The Hall–Kier alpha value is -1.31. The number of hydrogen-bond acceptors (Lipinski definition) is 1. The molecule has 82 valence electrons. The summed E-state index contributed by atoms with van der Waals surface area (Å²) in [5.41, 5.74) is 3.67. The highest BCUT2D eigenvalue weighted by Gasteiger charge is 2.09. The van der Waals surface area contributed by atoms with Crippen LogP contribution >= 0.6 is 0 Å². The average molecular weight is 206 g/mol. The molecule has 1 N–H and O–H groups in total. The monoisotopic (exact) mass is 206 g/mol. The van der Waals surface area contributed by atoms with E-state index in [0.29, 0.717) is 12.3 Å². The van der Waals surface area contributed by atoms with Crippen LogP contribution in [0.15, 0.2) is 18.2 Å². The van der Waals surface area contributed by atoms with Gasteiger partial charge in [0.05, 0.1) is 0 Å². The van der Waals surface area contributed by atoms with Gasteiger partial charge in [0.2, 0.25) is 0 Å². The van der Waals surface area contributed by atoms with Crippen LogP contribution in [0.3, 0.4) is 0 Å². The Balaban J connectivity index is 2.97. The van der Waals surface area contributed by atoms with Crippen LogP contribution in [0.4, 0.5) is 0 Å². The lowest BCUT2D eigenvalue weighted by molar-refractivity contribution is -0.136. The second kappa shape index (κ2) is 4.96. The fourth-order valence-electron chi connectivity index (χ4n) is 1.84. The molecule has 2 nitrogen and oxygen atoms in total. The van der Waals surface area contributed by atoms with Gasteiger partial charge >= 0.3 is 5.97 Å². The molecule has 0 aliphatic rings. The second-order valence-corrected chi connectivity index (χ2v) is 4.19. The molecule has 0 aliphatic heterocycles. The Morgan fingerprint density at radius 2 is 2.07 bits per heavy atom. The van der Waals surface area contributed by atoms with Crippen molar-refractivity contribution < 1.29 is 9.90 Å². The Morgan fingerprint density at radius 1 is 1.40 bits per heavy atom. The molecule has 0 unspecified atom stereocenters. The third kappa shape index (κ3) is 3.08. The lowest BCUT2D eigenvalue weighted by Crippen LogP contribution is -2.03. The van der Waals surface area contributed by atoms with Gasteiger partial charge in [-0.05, 0) is 36.0 Å². The lowest BCUT2D eigenvalue weighted by Gasteiger charge is -2.14. The number of benzene rings is 1. The highest BCUT2D eigenvalue weighted by atomic mass is 16.4. The van der Waals surface area contributed by atoms with Gasteiger partial charge in [0.1, 0.15) is 0 Å². The van der Waals surface area contributed by atoms with Crippen molar-refractivity contribution >= 4 is 5.97 Å². The van der Waals surface area contributed by atoms with Crippen molar-refractivity contribution in [3.63, 3.8) is 0 Å². The largest absolute Gasteiger partial charge is 0.481 e. The molecular weight excluding hydrogens is 188 g/mol. The first kappa shape index (κ1) is 11.8. The summed E-state index contributed by atoms with van der Waals surface area (Å²) in [5, 5.41) is 8.70. The van der Waals surface area contributed by atoms with Gasteiger partial charge in [0, 0.05) is 6.42 Å². The van der Waals surface area contributed by atoms with Crippen molar-refractivity contribution in [3.05, 3.63) is 34.9 Å². The third-order valence-electron chi connectivity index (χ3n) is 2.66. The first-order chi connectivity index (χ1) is 7.02. The van der Waals surface area contributed by atoms with E-state index < -0.39 is 5.97 Å². The van der Waals surface area contributed by atoms with Crippen LogP contribution < -0.4 is 0 Å². The fourth-order valence-corrected chi connectivity index (χ4v) is 1.84. The predicted octanol–water partition coefficient (Wildman–Crippen LogP) is 3.14. The molecule has 0 atom stereocenters. The minimum Gasteiger partial charge on any atom is -0.481 e. The fraction of sp³-hybridized carbons (Fsp3) is 0.462. The maximum absolute atomic E-state index is 10.6. The summed E-state index contributed by atoms with van der Waals surface area (Å²) in [4.78, 5) is 10.6. The number of carbonyl (C=O) groups is 1. The van der Waals surface area contributed by atoms with Crippen LogP contribution in [-0.4, -0.2) is 11.1 Å². The highest BCUT2D eigenvalue weighted by molar-refractivity contribution is 5.67. The molecule has 0 amide bonds. The maximum atomic E-state index is 10.6. The molecule has 0 heterocycles. The van der Waals surface area contributed by atoms with Crippen molar-refractivity contribution in [2.24, 2.45) is 0 Å². The molecule has 0 fully saturated rings. The van der Waals surface area contributed by atoms with Gasteiger partial charge in [-0.2, -0.15) is 0 Å². The molecule has 1 aromatic carbocycles. The zero-order valence-electron chi connectivity index (χ0n) is 9.58.